The van der Waals surface area contributed by atoms with Gasteiger partial charge in [0.05, 0.1) is 0 Å². The average molecular weight is 322 g/mol. The number of aryl methyl sites for hydroxylation is 1. The van der Waals surface area contributed by atoms with Crippen molar-refractivity contribution in [1.29, 1.82) is 0 Å². The topological polar surface area (TPSA) is 12.0 Å². The van der Waals surface area contributed by atoms with Gasteiger partial charge in [0, 0.05) is 22.5 Å². The third kappa shape index (κ3) is 4.74. The van der Waals surface area contributed by atoms with Crippen LogP contribution in [0.15, 0.2) is 42.5 Å². The van der Waals surface area contributed by atoms with Crippen LogP contribution in [-0.4, -0.2) is 13.1 Å². The maximum atomic E-state index is 6.31. The van der Waals surface area contributed by atoms with Gasteiger partial charge in [-0.05, 0) is 49.2 Å². The van der Waals surface area contributed by atoms with Crippen LogP contribution in [-0.2, 0) is 6.42 Å². The van der Waals surface area contributed by atoms with Gasteiger partial charge in [0.1, 0.15) is 0 Å². The molecule has 0 aromatic heterocycles. The van der Waals surface area contributed by atoms with Gasteiger partial charge in [0.2, 0.25) is 0 Å². The third-order valence-corrected chi connectivity index (χ3v) is 4.23. The summed E-state index contributed by atoms with van der Waals surface area (Å²) in [5.74, 6) is 0.390. The molecule has 0 aliphatic carbocycles. The lowest BCUT2D eigenvalue weighted by atomic mass is 9.91. The Labute approximate surface area is 137 Å². The van der Waals surface area contributed by atoms with E-state index >= 15 is 0 Å². The fourth-order valence-electron chi connectivity index (χ4n) is 2.52. The minimum absolute atomic E-state index is 0.390. The van der Waals surface area contributed by atoms with Gasteiger partial charge in [-0.2, -0.15) is 0 Å². The maximum absolute atomic E-state index is 6.31. The van der Waals surface area contributed by atoms with Crippen LogP contribution in [0.5, 0.6) is 0 Å². The first-order valence-electron chi connectivity index (χ1n) is 7.31. The Morgan fingerprint density at radius 3 is 2.62 bits per heavy atom. The van der Waals surface area contributed by atoms with E-state index in [2.05, 4.69) is 43.4 Å². The fourth-order valence-corrected chi connectivity index (χ4v) is 2.91. The molecule has 0 spiro atoms. The predicted molar refractivity (Wildman–Crippen MR) is 92.6 cm³/mol. The molecule has 0 aliphatic heterocycles. The highest BCUT2D eigenvalue weighted by Gasteiger charge is 2.14. The molecular weight excluding hydrogens is 301 g/mol. The van der Waals surface area contributed by atoms with Crippen LogP contribution in [0.3, 0.4) is 0 Å². The maximum Gasteiger partial charge on any atom is 0.0439 e. The van der Waals surface area contributed by atoms with Gasteiger partial charge in [-0.25, -0.2) is 0 Å². The number of halogens is 2. The van der Waals surface area contributed by atoms with Crippen molar-refractivity contribution < 1.29 is 0 Å². The van der Waals surface area contributed by atoms with Crippen molar-refractivity contribution in [2.75, 3.05) is 13.1 Å². The van der Waals surface area contributed by atoms with Crippen molar-refractivity contribution in [3.8, 4) is 0 Å². The number of rotatable bonds is 6. The van der Waals surface area contributed by atoms with E-state index in [0.717, 1.165) is 35.1 Å². The first-order chi connectivity index (χ1) is 10.1. The molecule has 21 heavy (non-hydrogen) atoms. The summed E-state index contributed by atoms with van der Waals surface area (Å²) in [4.78, 5) is 0. The zero-order chi connectivity index (χ0) is 15.2. The molecule has 0 saturated carbocycles. The highest BCUT2D eigenvalue weighted by Crippen LogP contribution is 2.27. The van der Waals surface area contributed by atoms with Crippen LogP contribution in [0.25, 0.3) is 0 Å². The standard InChI is InChI=1S/C18H21Cl2N/c1-3-21-12-16(14-6-4-5-13(2)9-14)10-15-11-17(19)7-8-18(15)20/h4-9,11,16,21H,3,10,12H2,1-2H3. The summed E-state index contributed by atoms with van der Waals surface area (Å²) in [5.41, 5.74) is 3.73. The second-order valence-electron chi connectivity index (χ2n) is 5.36. The van der Waals surface area contributed by atoms with Crippen LogP contribution in [0.4, 0.5) is 0 Å². The average Bonchev–Trinajstić information content (AvgIpc) is 2.47. The number of likely N-dealkylation sites (N-methyl/N-ethyl adjacent to an activating group) is 1. The normalized spacial score (nSPS) is 12.4. The van der Waals surface area contributed by atoms with Crippen LogP contribution in [0.1, 0.15) is 29.5 Å². The Morgan fingerprint density at radius 2 is 1.90 bits per heavy atom. The number of benzene rings is 2. The first kappa shape index (κ1) is 16.4. The Balaban J connectivity index is 2.25. The van der Waals surface area contributed by atoms with E-state index in [1.54, 1.807) is 0 Å². The van der Waals surface area contributed by atoms with Crippen molar-refractivity contribution in [2.24, 2.45) is 0 Å². The number of nitrogens with one attached hydrogen (secondary N) is 1. The highest BCUT2D eigenvalue weighted by atomic mass is 35.5. The molecule has 0 saturated heterocycles. The summed E-state index contributed by atoms with van der Waals surface area (Å²) in [6, 6.07) is 14.4. The smallest absolute Gasteiger partial charge is 0.0439 e. The Bertz CT molecular complexity index is 596. The first-order valence-corrected chi connectivity index (χ1v) is 8.07. The van der Waals surface area contributed by atoms with Crippen LogP contribution in [0, 0.1) is 6.92 Å². The molecule has 0 amide bonds. The lowest BCUT2D eigenvalue weighted by Gasteiger charge is -2.19. The molecule has 2 aromatic rings. The molecule has 1 atom stereocenters. The van der Waals surface area contributed by atoms with Gasteiger partial charge in [-0.15, -0.1) is 0 Å². The molecule has 0 fully saturated rings. The van der Waals surface area contributed by atoms with Crippen molar-refractivity contribution in [2.45, 2.75) is 26.2 Å². The molecule has 0 radical (unpaired) electrons. The molecule has 2 aromatic carbocycles. The summed E-state index contributed by atoms with van der Waals surface area (Å²) in [7, 11) is 0. The lowest BCUT2D eigenvalue weighted by Crippen LogP contribution is -2.22. The molecule has 2 rings (SSSR count). The van der Waals surface area contributed by atoms with Crippen molar-refractivity contribution in [3.05, 3.63) is 69.2 Å². The highest BCUT2D eigenvalue weighted by molar-refractivity contribution is 6.33. The molecular formula is C18H21Cl2N. The van der Waals surface area contributed by atoms with E-state index in [-0.39, 0.29) is 0 Å². The van der Waals surface area contributed by atoms with Crippen LogP contribution in [0.2, 0.25) is 10.0 Å². The molecule has 1 N–H and O–H groups in total. The molecule has 1 unspecified atom stereocenters. The third-order valence-electron chi connectivity index (χ3n) is 3.63. The molecule has 0 aliphatic rings. The van der Waals surface area contributed by atoms with E-state index in [1.165, 1.54) is 11.1 Å². The molecule has 3 heteroatoms. The summed E-state index contributed by atoms with van der Waals surface area (Å²) in [6.45, 7) is 6.15. The van der Waals surface area contributed by atoms with Crippen molar-refractivity contribution in [1.82, 2.24) is 5.32 Å². The van der Waals surface area contributed by atoms with E-state index in [0.29, 0.717) is 5.92 Å². The van der Waals surface area contributed by atoms with E-state index in [4.69, 9.17) is 23.2 Å². The number of hydrogen-bond acceptors (Lipinski definition) is 1. The molecule has 112 valence electrons. The Morgan fingerprint density at radius 1 is 1.10 bits per heavy atom. The van der Waals surface area contributed by atoms with Crippen molar-refractivity contribution in [3.63, 3.8) is 0 Å². The van der Waals surface area contributed by atoms with Gasteiger partial charge in [-0.3, -0.25) is 0 Å². The summed E-state index contributed by atoms with van der Waals surface area (Å²) in [6.07, 6.45) is 0.885. The molecule has 0 heterocycles. The lowest BCUT2D eigenvalue weighted by molar-refractivity contribution is 0.595. The van der Waals surface area contributed by atoms with Gasteiger partial charge < -0.3 is 5.32 Å². The largest absolute Gasteiger partial charge is 0.316 e. The van der Waals surface area contributed by atoms with Crippen LogP contribution < -0.4 is 5.32 Å². The van der Waals surface area contributed by atoms with E-state index < -0.39 is 0 Å². The number of hydrogen-bond donors (Lipinski definition) is 1. The van der Waals surface area contributed by atoms with Gasteiger partial charge in [0.15, 0.2) is 0 Å². The SMILES string of the molecule is CCNCC(Cc1cc(Cl)ccc1Cl)c1cccc(C)c1. The van der Waals surface area contributed by atoms with Gasteiger partial charge >= 0.3 is 0 Å². The zero-order valence-corrected chi connectivity index (χ0v) is 14.0. The summed E-state index contributed by atoms with van der Waals surface area (Å²) >= 11 is 12.4. The van der Waals surface area contributed by atoms with Crippen molar-refractivity contribution >= 4 is 23.2 Å². The Kier molecular flexibility index (Phi) is 6.10. The fraction of sp³-hybridized carbons (Fsp3) is 0.333. The second-order valence-corrected chi connectivity index (χ2v) is 6.20. The minimum Gasteiger partial charge on any atom is -0.316 e. The molecule has 1 nitrogen and oxygen atoms in total. The monoisotopic (exact) mass is 321 g/mol. The van der Waals surface area contributed by atoms with Crippen LogP contribution >= 0.6 is 23.2 Å². The summed E-state index contributed by atoms with van der Waals surface area (Å²) in [5, 5.41) is 4.97. The van der Waals surface area contributed by atoms with Gasteiger partial charge in [0.25, 0.3) is 0 Å². The molecule has 0 bridgehead atoms. The van der Waals surface area contributed by atoms with Gasteiger partial charge in [-0.1, -0.05) is 60.0 Å². The quantitative estimate of drug-likeness (QED) is 0.767. The predicted octanol–water partition coefficient (Wildman–Crippen LogP) is 5.24. The van der Waals surface area contributed by atoms with E-state index in [1.807, 2.05) is 18.2 Å². The second kappa shape index (κ2) is 7.84. The Hall–Kier alpha value is -1.02. The zero-order valence-electron chi connectivity index (χ0n) is 12.5. The summed E-state index contributed by atoms with van der Waals surface area (Å²) < 4.78 is 0. The van der Waals surface area contributed by atoms with E-state index in [9.17, 15) is 0 Å². The minimum atomic E-state index is 0.390.